The fourth-order valence-corrected chi connectivity index (χ4v) is 2.71. The van der Waals surface area contributed by atoms with Gasteiger partial charge in [-0.1, -0.05) is 12.1 Å². The van der Waals surface area contributed by atoms with Gasteiger partial charge in [0, 0.05) is 38.4 Å². The van der Waals surface area contributed by atoms with Gasteiger partial charge in [-0.2, -0.15) is 0 Å². The molecule has 0 radical (unpaired) electrons. The van der Waals surface area contributed by atoms with E-state index in [0.29, 0.717) is 6.10 Å². The molecule has 3 nitrogen and oxygen atoms in total. The third-order valence-corrected chi connectivity index (χ3v) is 4.15. The summed E-state index contributed by atoms with van der Waals surface area (Å²) in [6.45, 7) is 11.1. The molecule has 2 aliphatic rings. The summed E-state index contributed by atoms with van der Waals surface area (Å²) in [5.41, 5.74) is 4.23. The van der Waals surface area contributed by atoms with Crippen molar-refractivity contribution in [3.63, 3.8) is 0 Å². The number of benzene rings is 1. The highest BCUT2D eigenvalue weighted by Crippen LogP contribution is 2.24. The summed E-state index contributed by atoms with van der Waals surface area (Å²) in [5, 5.41) is 0. The highest BCUT2D eigenvalue weighted by Gasteiger charge is 2.27. The molecule has 0 bridgehead atoms. The highest BCUT2D eigenvalue weighted by atomic mass is 16.6. The maximum atomic E-state index is 5.30. The smallest absolute Gasteiger partial charge is 0.0936 e. The average Bonchev–Trinajstić information content (AvgIpc) is 3.18. The van der Waals surface area contributed by atoms with Gasteiger partial charge < -0.3 is 9.64 Å². The van der Waals surface area contributed by atoms with Crippen LogP contribution in [-0.2, 0) is 4.74 Å². The Morgan fingerprint density at radius 2 is 1.89 bits per heavy atom. The van der Waals surface area contributed by atoms with Crippen molar-refractivity contribution in [2.45, 2.75) is 20.0 Å². The molecule has 0 amide bonds. The van der Waals surface area contributed by atoms with Crippen molar-refractivity contribution in [3.05, 3.63) is 29.3 Å². The Bertz CT molecular complexity index is 421. The van der Waals surface area contributed by atoms with Gasteiger partial charge >= 0.3 is 0 Å². The predicted molar refractivity (Wildman–Crippen MR) is 74.3 cm³/mol. The summed E-state index contributed by atoms with van der Waals surface area (Å²) in [5.74, 6) is 0. The summed E-state index contributed by atoms with van der Waals surface area (Å²) in [6.07, 6.45) is 0.525. The van der Waals surface area contributed by atoms with Crippen molar-refractivity contribution in [1.29, 1.82) is 0 Å². The molecule has 1 aromatic carbocycles. The van der Waals surface area contributed by atoms with E-state index in [9.17, 15) is 0 Å². The lowest BCUT2D eigenvalue weighted by molar-refractivity contribution is 0.230. The Morgan fingerprint density at radius 1 is 1.17 bits per heavy atom. The number of hydrogen-bond acceptors (Lipinski definition) is 3. The molecule has 0 aliphatic carbocycles. The molecule has 98 valence electrons. The average molecular weight is 246 g/mol. The minimum atomic E-state index is 0.525. The van der Waals surface area contributed by atoms with Crippen LogP contribution in [0, 0.1) is 13.8 Å². The molecular formula is C15H22N2O. The van der Waals surface area contributed by atoms with Gasteiger partial charge in [-0.05, 0) is 31.0 Å². The summed E-state index contributed by atoms with van der Waals surface area (Å²) in [6, 6.07) is 6.61. The van der Waals surface area contributed by atoms with Gasteiger partial charge in [0.15, 0.2) is 0 Å². The molecule has 1 aromatic rings. The lowest BCUT2D eigenvalue weighted by Gasteiger charge is -2.36. The fourth-order valence-electron chi connectivity index (χ4n) is 2.71. The van der Waals surface area contributed by atoms with Gasteiger partial charge in [-0.3, -0.25) is 4.90 Å². The number of anilines is 1. The minimum absolute atomic E-state index is 0.525. The van der Waals surface area contributed by atoms with E-state index in [1.165, 1.54) is 16.8 Å². The molecule has 2 heterocycles. The van der Waals surface area contributed by atoms with Crippen LogP contribution in [0.15, 0.2) is 18.2 Å². The first-order valence-corrected chi connectivity index (χ1v) is 6.89. The normalized spacial score (nSPS) is 24.3. The largest absolute Gasteiger partial charge is 0.372 e. The van der Waals surface area contributed by atoms with Crippen molar-refractivity contribution in [1.82, 2.24) is 4.90 Å². The number of hydrogen-bond donors (Lipinski definition) is 0. The van der Waals surface area contributed by atoms with Crippen LogP contribution in [0.25, 0.3) is 0 Å². The van der Waals surface area contributed by atoms with Crippen molar-refractivity contribution in [2.24, 2.45) is 0 Å². The summed E-state index contributed by atoms with van der Waals surface area (Å²) in [4.78, 5) is 5.05. The third-order valence-electron chi connectivity index (χ3n) is 4.15. The molecule has 2 fully saturated rings. The second-order valence-electron chi connectivity index (χ2n) is 5.46. The highest BCUT2D eigenvalue weighted by molar-refractivity contribution is 5.56. The molecular weight excluding hydrogens is 224 g/mol. The molecule has 0 aromatic heterocycles. The molecule has 2 aliphatic heterocycles. The van der Waals surface area contributed by atoms with Crippen LogP contribution >= 0.6 is 0 Å². The number of rotatable bonds is 3. The summed E-state index contributed by atoms with van der Waals surface area (Å²) in [7, 11) is 0. The van der Waals surface area contributed by atoms with Crippen molar-refractivity contribution < 1.29 is 4.74 Å². The van der Waals surface area contributed by atoms with E-state index < -0.39 is 0 Å². The second-order valence-corrected chi connectivity index (χ2v) is 5.46. The van der Waals surface area contributed by atoms with E-state index in [1.807, 2.05) is 0 Å². The SMILES string of the molecule is Cc1cccc(N2CCN(C[C@H]3CO3)CC2)c1C. The molecule has 0 spiro atoms. The Labute approximate surface area is 109 Å². The zero-order valence-electron chi connectivity index (χ0n) is 11.4. The number of epoxide rings is 1. The first kappa shape index (κ1) is 12.0. The van der Waals surface area contributed by atoms with Gasteiger partial charge in [0.25, 0.3) is 0 Å². The van der Waals surface area contributed by atoms with Crippen molar-refractivity contribution in [3.8, 4) is 0 Å². The van der Waals surface area contributed by atoms with E-state index in [4.69, 9.17) is 4.74 Å². The zero-order chi connectivity index (χ0) is 12.5. The monoisotopic (exact) mass is 246 g/mol. The van der Waals surface area contributed by atoms with Crippen LogP contribution in [-0.4, -0.2) is 50.3 Å². The first-order valence-electron chi connectivity index (χ1n) is 6.89. The molecule has 3 heteroatoms. The van der Waals surface area contributed by atoms with Gasteiger partial charge in [-0.25, -0.2) is 0 Å². The topological polar surface area (TPSA) is 19.0 Å². The van der Waals surface area contributed by atoms with Crippen LogP contribution in [0.2, 0.25) is 0 Å². The predicted octanol–water partition coefficient (Wildman–Crippen LogP) is 1.82. The molecule has 0 N–H and O–H groups in total. The molecule has 1 atom stereocenters. The fraction of sp³-hybridized carbons (Fsp3) is 0.600. The van der Waals surface area contributed by atoms with Gasteiger partial charge in [0.05, 0.1) is 12.7 Å². The Morgan fingerprint density at radius 3 is 2.56 bits per heavy atom. The standard InChI is InChI=1S/C15H22N2O/c1-12-4-3-5-15(13(12)2)17-8-6-16(7-9-17)10-14-11-18-14/h3-5,14H,6-11H2,1-2H3/t14-/m0/s1. The number of nitrogens with zero attached hydrogens (tertiary/aromatic N) is 2. The zero-order valence-corrected chi connectivity index (χ0v) is 11.4. The second kappa shape index (κ2) is 4.90. The van der Waals surface area contributed by atoms with E-state index in [1.54, 1.807) is 0 Å². The van der Waals surface area contributed by atoms with E-state index in [-0.39, 0.29) is 0 Å². The van der Waals surface area contributed by atoms with Gasteiger partial charge in [0.2, 0.25) is 0 Å². The van der Waals surface area contributed by atoms with Crippen LogP contribution < -0.4 is 4.90 Å². The Kier molecular flexibility index (Phi) is 3.27. The van der Waals surface area contributed by atoms with E-state index >= 15 is 0 Å². The molecule has 0 unspecified atom stereocenters. The number of ether oxygens (including phenoxy) is 1. The Balaban J connectivity index is 1.62. The minimum Gasteiger partial charge on any atom is -0.372 e. The molecule has 0 saturated carbocycles. The summed E-state index contributed by atoms with van der Waals surface area (Å²) >= 11 is 0. The maximum Gasteiger partial charge on any atom is 0.0936 e. The first-order chi connectivity index (χ1) is 8.74. The quantitative estimate of drug-likeness (QED) is 0.758. The van der Waals surface area contributed by atoms with Crippen LogP contribution in [0.3, 0.4) is 0 Å². The maximum absolute atomic E-state index is 5.30. The van der Waals surface area contributed by atoms with E-state index in [0.717, 1.165) is 39.3 Å². The Hall–Kier alpha value is -1.06. The van der Waals surface area contributed by atoms with Gasteiger partial charge in [-0.15, -0.1) is 0 Å². The molecule has 2 saturated heterocycles. The molecule has 3 rings (SSSR count). The number of aryl methyl sites for hydroxylation is 1. The number of piperazine rings is 1. The third kappa shape index (κ3) is 2.52. The van der Waals surface area contributed by atoms with Crippen LogP contribution in [0.5, 0.6) is 0 Å². The lowest BCUT2D eigenvalue weighted by atomic mass is 10.1. The van der Waals surface area contributed by atoms with E-state index in [2.05, 4.69) is 41.8 Å². The van der Waals surface area contributed by atoms with Gasteiger partial charge in [0.1, 0.15) is 0 Å². The molecule has 18 heavy (non-hydrogen) atoms. The van der Waals surface area contributed by atoms with Crippen molar-refractivity contribution in [2.75, 3.05) is 44.2 Å². The van der Waals surface area contributed by atoms with Crippen LogP contribution in [0.1, 0.15) is 11.1 Å². The lowest BCUT2D eigenvalue weighted by Crippen LogP contribution is -2.47. The summed E-state index contributed by atoms with van der Waals surface area (Å²) < 4.78 is 5.30. The van der Waals surface area contributed by atoms with Crippen molar-refractivity contribution >= 4 is 5.69 Å². The van der Waals surface area contributed by atoms with Crippen LogP contribution in [0.4, 0.5) is 5.69 Å².